The van der Waals surface area contributed by atoms with Gasteiger partial charge >= 0.3 is 0 Å². The normalized spacial score (nSPS) is 9.10. The second-order valence-electron chi connectivity index (χ2n) is 4.25. The molecule has 0 unspecified atom stereocenters. The summed E-state index contributed by atoms with van der Waals surface area (Å²) in [6, 6.07) is 5.95. The Morgan fingerprint density at radius 1 is 1.10 bits per heavy atom. The van der Waals surface area contributed by atoms with E-state index < -0.39 is 0 Å². The highest BCUT2D eigenvalue weighted by Gasteiger charge is 2.00. The summed E-state index contributed by atoms with van der Waals surface area (Å²) < 4.78 is 0. The van der Waals surface area contributed by atoms with Crippen LogP contribution in [0.25, 0.3) is 6.08 Å². The number of nitrogens with one attached hydrogen (secondary N) is 1. The minimum atomic E-state index is 0.712. The van der Waals surface area contributed by atoms with Crippen molar-refractivity contribution < 1.29 is 4.79 Å². The molecule has 0 radical (unpaired) electrons. The predicted octanol–water partition coefficient (Wildman–Crippen LogP) is 4.61. The van der Waals surface area contributed by atoms with Gasteiger partial charge in [0.25, 0.3) is 0 Å². The number of hydrogen-bond donors (Lipinski definition) is 1. The average molecular weight is 273 g/mol. The fourth-order valence-electron chi connectivity index (χ4n) is 1.90. The van der Waals surface area contributed by atoms with Crippen molar-refractivity contribution in [1.29, 1.82) is 0 Å². The number of hydrogen-bond acceptors (Lipinski definition) is 2. The van der Waals surface area contributed by atoms with E-state index in [-0.39, 0.29) is 0 Å². The standard InChI is InChI=1S/C16H21NO.C2H6/c1-3-15-12-14(9-10-16(15)13-18)8-6-5-7-11-17-4-2;1-2/h3-4,9-10,12-13,17H,1-2,5-8,11H2;1-2H3. The zero-order chi connectivity index (χ0) is 15.2. The van der Waals surface area contributed by atoms with Crippen LogP contribution in [0, 0.1) is 0 Å². The van der Waals surface area contributed by atoms with Gasteiger partial charge in [0.2, 0.25) is 0 Å². The first-order valence-electron chi connectivity index (χ1n) is 7.36. The molecule has 0 fully saturated rings. The van der Waals surface area contributed by atoms with E-state index in [1.807, 2.05) is 26.0 Å². The second-order valence-corrected chi connectivity index (χ2v) is 4.25. The molecule has 1 rings (SSSR count). The van der Waals surface area contributed by atoms with E-state index in [2.05, 4.69) is 24.5 Å². The molecule has 0 spiro atoms. The Kier molecular flexibility index (Phi) is 11.1. The molecule has 20 heavy (non-hydrogen) atoms. The fourth-order valence-corrected chi connectivity index (χ4v) is 1.90. The molecule has 110 valence electrons. The van der Waals surface area contributed by atoms with Gasteiger partial charge < -0.3 is 5.32 Å². The molecule has 1 N–H and O–H groups in total. The van der Waals surface area contributed by atoms with Gasteiger partial charge in [-0.25, -0.2) is 0 Å². The van der Waals surface area contributed by atoms with E-state index in [9.17, 15) is 4.79 Å². The molecule has 1 aromatic rings. The lowest BCUT2D eigenvalue weighted by Crippen LogP contribution is -2.05. The minimum absolute atomic E-state index is 0.712. The van der Waals surface area contributed by atoms with Crippen LogP contribution in [-0.2, 0) is 6.42 Å². The third-order valence-corrected chi connectivity index (χ3v) is 2.93. The molecule has 0 bridgehead atoms. The Morgan fingerprint density at radius 2 is 1.85 bits per heavy atom. The summed E-state index contributed by atoms with van der Waals surface area (Å²) >= 11 is 0. The smallest absolute Gasteiger partial charge is 0.150 e. The number of rotatable bonds is 9. The Hall–Kier alpha value is -1.83. The van der Waals surface area contributed by atoms with Crippen LogP contribution >= 0.6 is 0 Å². The summed E-state index contributed by atoms with van der Waals surface area (Å²) in [5.41, 5.74) is 2.91. The van der Waals surface area contributed by atoms with Crippen molar-refractivity contribution >= 4 is 12.4 Å². The van der Waals surface area contributed by atoms with Gasteiger partial charge in [-0.2, -0.15) is 0 Å². The number of aldehydes is 1. The molecule has 1 aromatic carbocycles. The van der Waals surface area contributed by atoms with Gasteiger partial charge in [0.1, 0.15) is 0 Å². The van der Waals surface area contributed by atoms with E-state index in [1.54, 1.807) is 12.3 Å². The van der Waals surface area contributed by atoms with Gasteiger partial charge in [-0.15, -0.1) is 0 Å². The maximum atomic E-state index is 10.8. The van der Waals surface area contributed by atoms with Crippen LogP contribution in [0.5, 0.6) is 0 Å². The Balaban J connectivity index is 0.00000172. The highest BCUT2D eigenvalue weighted by Crippen LogP contribution is 2.14. The Morgan fingerprint density at radius 3 is 2.45 bits per heavy atom. The van der Waals surface area contributed by atoms with Crippen LogP contribution in [0.2, 0.25) is 0 Å². The van der Waals surface area contributed by atoms with Crippen molar-refractivity contribution in [3.63, 3.8) is 0 Å². The number of benzene rings is 1. The number of carbonyl (C=O) groups is 1. The van der Waals surface area contributed by atoms with Crippen molar-refractivity contribution in [2.24, 2.45) is 0 Å². The Bertz CT molecular complexity index is 410. The summed E-state index contributed by atoms with van der Waals surface area (Å²) in [5, 5.41) is 3.09. The van der Waals surface area contributed by atoms with E-state index in [0.29, 0.717) is 5.56 Å². The van der Waals surface area contributed by atoms with Gasteiger partial charge in [0, 0.05) is 12.1 Å². The van der Waals surface area contributed by atoms with Crippen molar-refractivity contribution in [3.8, 4) is 0 Å². The molecule has 0 aliphatic heterocycles. The summed E-state index contributed by atoms with van der Waals surface area (Å²) in [6.45, 7) is 12.3. The van der Waals surface area contributed by atoms with Gasteiger partial charge in [0.15, 0.2) is 6.29 Å². The SMILES string of the molecule is C=CNCCCCCc1ccc(C=O)c(C=C)c1.CC. The highest BCUT2D eigenvalue weighted by molar-refractivity contribution is 5.81. The third kappa shape index (κ3) is 6.93. The molecular weight excluding hydrogens is 246 g/mol. The summed E-state index contributed by atoms with van der Waals surface area (Å²) in [7, 11) is 0. The molecule has 0 aliphatic rings. The summed E-state index contributed by atoms with van der Waals surface area (Å²) in [5.74, 6) is 0. The maximum Gasteiger partial charge on any atom is 0.150 e. The van der Waals surface area contributed by atoms with Crippen molar-refractivity contribution in [1.82, 2.24) is 5.32 Å². The molecule has 0 aliphatic carbocycles. The fraction of sp³-hybridized carbons (Fsp3) is 0.389. The van der Waals surface area contributed by atoms with Gasteiger partial charge in [-0.3, -0.25) is 4.79 Å². The number of aryl methyl sites for hydroxylation is 1. The van der Waals surface area contributed by atoms with Gasteiger partial charge in [0.05, 0.1) is 0 Å². The topological polar surface area (TPSA) is 29.1 Å². The third-order valence-electron chi connectivity index (χ3n) is 2.93. The first-order valence-corrected chi connectivity index (χ1v) is 7.36. The minimum Gasteiger partial charge on any atom is -0.391 e. The molecule has 0 heterocycles. The van der Waals surface area contributed by atoms with Crippen LogP contribution in [0.1, 0.15) is 54.6 Å². The van der Waals surface area contributed by atoms with Crippen molar-refractivity contribution in [2.75, 3.05) is 6.54 Å². The lowest BCUT2D eigenvalue weighted by Gasteiger charge is -2.05. The molecule has 2 nitrogen and oxygen atoms in total. The molecule has 2 heteroatoms. The van der Waals surface area contributed by atoms with E-state index in [4.69, 9.17) is 0 Å². The second kappa shape index (κ2) is 12.2. The van der Waals surface area contributed by atoms with Crippen LogP contribution < -0.4 is 5.32 Å². The molecular formula is C18H27NO. The van der Waals surface area contributed by atoms with E-state index in [1.165, 1.54) is 12.0 Å². The molecule has 0 atom stereocenters. The van der Waals surface area contributed by atoms with Crippen molar-refractivity contribution in [2.45, 2.75) is 39.5 Å². The lowest BCUT2D eigenvalue weighted by atomic mass is 10.0. The van der Waals surface area contributed by atoms with E-state index >= 15 is 0 Å². The zero-order valence-electron chi connectivity index (χ0n) is 12.8. The quantitative estimate of drug-likeness (QED) is 0.525. The summed E-state index contributed by atoms with van der Waals surface area (Å²) in [6.07, 6.45) is 8.91. The van der Waals surface area contributed by atoms with Crippen LogP contribution in [0.4, 0.5) is 0 Å². The Labute approximate surface area is 123 Å². The highest BCUT2D eigenvalue weighted by atomic mass is 16.1. The van der Waals surface area contributed by atoms with E-state index in [0.717, 1.165) is 37.7 Å². The average Bonchev–Trinajstić information content (AvgIpc) is 2.52. The first kappa shape index (κ1) is 18.2. The maximum absolute atomic E-state index is 10.8. The zero-order valence-corrected chi connectivity index (χ0v) is 12.8. The lowest BCUT2D eigenvalue weighted by molar-refractivity contribution is 0.112. The van der Waals surface area contributed by atoms with Crippen molar-refractivity contribution in [3.05, 3.63) is 54.2 Å². The first-order chi connectivity index (χ1) is 9.81. The van der Waals surface area contributed by atoms with Crippen LogP contribution in [-0.4, -0.2) is 12.8 Å². The van der Waals surface area contributed by atoms with Crippen LogP contribution in [0.15, 0.2) is 37.6 Å². The molecule has 0 amide bonds. The van der Waals surface area contributed by atoms with Gasteiger partial charge in [-0.05, 0) is 36.6 Å². The molecule has 0 aromatic heterocycles. The predicted molar refractivity (Wildman–Crippen MR) is 89.0 cm³/mol. The molecule has 0 saturated heterocycles. The number of unbranched alkanes of at least 4 members (excludes halogenated alkanes) is 2. The molecule has 0 saturated carbocycles. The number of carbonyl (C=O) groups excluding carboxylic acids is 1. The van der Waals surface area contributed by atoms with Gasteiger partial charge in [-0.1, -0.05) is 57.7 Å². The monoisotopic (exact) mass is 273 g/mol. The summed E-state index contributed by atoms with van der Waals surface area (Å²) in [4.78, 5) is 10.8. The van der Waals surface area contributed by atoms with Crippen LogP contribution in [0.3, 0.4) is 0 Å². The largest absolute Gasteiger partial charge is 0.391 e.